The number of likely N-dealkylation sites (tertiary alicyclic amines) is 1. The summed E-state index contributed by atoms with van der Waals surface area (Å²) in [6, 6.07) is 3.60. The number of furan rings is 1. The van der Waals surface area contributed by atoms with E-state index in [1.54, 1.807) is 17.7 Å². The van der Waals surface area contributed by atoms with Gasteiger partial charge >= 0.3 is 0 Å². The minimum Gasteiger partial charge on any atom is -0.462 e. The maximum atomic E-state index is 12.0. The highest BCUT2D eigenvalue weighted by molar-refractivity contribution is 7.13. The topological polar surface area (TPSA) is 75.4 Å². The number of nitrogens with zero attached hydrogens (tertiary/aromatic N) is 2. The number of hydrogen-bond acceptors (Lipinski definition) is 5. The van der Waals surface area contributed by atoms with E-state index in [0.717, 1.165) is 19.4 Å². The molecule has 2 aromatic rings. The summed E-state index contributed by atoms with van der Waals surface area (Å²) in [5.41, 5.74) is 0.397. The first-order chi connectivity index (χ1) is 10.7. The molecular weight excluding hydrogens is 302 g/mol. The fourth-order valence-electron chi connectivity index (χ4n) is 2.39. The van der Waals surface area contributed by atoms with Crippen molar-refractivity contribution in [3.8, 4) is 10.8 Å². The smallest absolute Gasteiger partial charge is 0.270 e. The van der Waals surface area contributed by atoms with Gasteiger partial charge in [-0.1, -0.05) is 0 Å². The Hall–Kier alpha value is -2.15. The van der Waals surface area contributed by atoms with E-state index in [2.05, 4.69) is 10.3 Å². The second kappa shape index (κ2) is 6.74. The van der Waals surface area contributed by atoms with Gasteiger partial charge in [0.05, 0.1) is 6.26 Å². The van der Waals surface area contributed by atoms with E-state index in [9.17, 15) is 9.59 Å². The van der Waals surface area contributed by atoms with Gasteiger partial charge in [0, 0.05) is 31.4 Å². The zero-order valence-corrected chi connectivity index (χ0v) is 12.9. The monoisotopic (exact) mass is 319 g/mol. The standard InChI is InChI=1S/C15H17N3O3S/c19-13-5-1-7-18(13)8-3-6-16-14(20)11-10-22-15(17-11)12-4-2-9-21-12/h2,4,9-10H,1,3,5-8H2,(H,16,20). The van der Waals surface area contributed by atoms with E-state index < -0.39 is 0 Å². The van der Waals surface area contributed by atoms with Crippen molar-refractivity contribution in [2.24, 2.45) is 0 Å². The molecule has 0 aliphatic carbocycles. The van der Waals surface area contributed by atoms with Crippen LogP contribution in [0.3, 0.4) is 0 Å². The molecule has 0 spiro atoms. The van der Waals surface area contributed by atoms with E-state index in [0.29, 0.717) is 36.0 Å². The van der Waals surface area contributed by atoms with Gasteiger partial charge in [-0.05, 0) is 25.0 Å². The van der Waals surface area contributed by atoms with Crippen LogP contribution < -0.4 is 5.32 Å². The number of nitrogens with one attached hydrogen (secondary N) is 1. The molecule has 1 saturated heterocycles. The average Bonchev–Trinajstić information content (AvgIpc) is 3.24. The minimum atomic E-state index is -0.193. The van der Waals surface area contributed by atoms with Crippen LogP contribution >= 0.6 is 11.3 Å². The molecule has 0 aromatic carbocycles. The first kappa shape index (κ1) is 14.8. The number of amides is 2. The van der Waals surface area contributed by atoms with Gasteiger partial charge in [-0.15, -0.1) is 11.3 Å². The van der Waals surface area contributed by atoms with Crippen molar-refractivity contribution >= 4 is 23.2 Å². The number of rotatable bonds is 6. The summed E-state index contributed by atoms with van der Waals surface area (Å²) in [6.45, 7) is 2.08. The SMILES string of the molecule is O=C(NCCCN1CCCC1=O)c1csc(-c2ccco2)n1. The Morgan fingerprint density at radius 3 is 3.14 bits per heavy atom. The van der Waals surface area contributed by atoms with Crippen LogP contribution in [0.4, 0.5) is 0 Å². The molecule has 1 N–H and O–H groups in total. The molecule has 3 heterocycles. The van der Waals surface area contributed by atoms with Crippen LogP contribution in [0.1, 0.15) is 29.8 Å². The quantitative estimate of drug-likeness (QED) is 0.828. The highest BCUT2D eigenvalue weighted by atomic mass is 32.1. The third-order valence-corrected chi connectivity index (χ3v) is 4.39. The average molecular weight is 319 g/mol. The Bertz CT molecular complexity index is 651. The molecule has 0 atom stereocenters. The molecule has 2 aromatic heterocycles. The molecule has 2 amide bonds. The second-order valence-corrected chi connectivity index (χ2v) is 5.97. The lowest BCUT2D eigenvalue weighted by atomic mass is 10.3. The third-order valence-electron chi connectivity index (χ3n) is 3.53. The van der Waals surface area contributed by atoms with Gasteiger partial charge in [0.1, 0.15) is 5.69 Å². The van der Waals surface area contributed by atoms with E-state index in [-0.39, 0.29) is 11.8 Å². The summed E-state index contributed by atoms with van der Waals surface area (Å²) < 4.78 is 5.26. The van der Waals surface area contributed by atoms with Crippen molar-refractivity contribution in [3.63, 3.8) is 0 Å². The van der Waals surface area contributed by atoms with Crippen molar-refractivity contribution < 1.29 is 14.0 Å². The van der Waals surface area contributed by atoms with Crippen molar-refractivity contribution in [2.45, 2.75) is 19.3 Å². The van der Waals surface area contributed by atoms with Crippen molar-refractivity contribution in [3.05, 3.63) is 29.5 Å². The van der Waals surface area contributed by atoms with Gasteiger partial charge in [0.25, 0.3) is 5.91 Å². The molecule has 0 bridgehead atoms. The summed E-state index contributed by atoms with van der Waals surface area (Å²) in [5, 5.41) is 5.24. The van der Waals surface area contributed by atoms with Crippen LogP contribution in [0.15, 0.2) is 28.2 Å². The summed E-state index contributed by atoms with van der Waals surface area (Å²) in [7, 11) is 0. The number of hydrogen-bond donors (Lipinski definition) is 1. The van der Waals surface area contributed by atoms with Gasteiger partial charge < -0.3 is 14.6 Å². The van der Waals surface area contributed by atoms with Crippen LogP contribution in [0.25, 0.3) is 10.8 Å². The number of carbonyl (C=O) groups excluding carboxylic acids is 2. The first-order valence-corrected chi connectivity index (χ1v) is 8.17. The van der Waals surface area contributed by atoms with Gasteiger partial charge in [0.2, 0.25) is 5.91 Å². The van der Waals surface area contributed by atoms with Gasteiger partial charge in [-0.25, -0.2) is 4.98 Å². The lowest BCUT2D eigenvalue weighted by molar-refractivity contribution is -0.127. The number of aromatic nitrogens is 1. The molecule has 116 valence electrons. The summed E-state index contributed by atoms with van der Waals surface area (Å²) in [5.74, 6) is 0.687. The molecule has 1 fully saturated rings. The molecule has 0 saturated carbocycles. The molecule has 0 unspecified atom stereocenters. The normalized spacial score (nSPS) is 14.5. The molecule has 0 radical (unpaired) electrons. The van der Waals surface area contributed by atoms with E-state index in [4.69, 9.17) is 4.42 Å². The number of carbonyl (C=O) groups is 2. The minimum absolute atomic E-state index is 0.193. The molecule has 6 nitrogen and oxygen atoms in total. The number of thiazole rings is 1. The summed E-state index contributed by atoms with van der Waals surface area (Å²) in [4.78, 5) is 29.6. The van der Waals surface area contributed by atoms with Crippen LogP contribution in [0, 0.1) is 0 Å². The first-order valence-electron chi connectivity index (χ1n) is 7.29. The molecule has 3 rings (SSSR count). The molecule has 1 aliphatic rings. The molecular formula is C15H17N3O3S. The lowest BCUT2D eigenvalue weighted by Crippen LogP contribution is -2.30. The summed E-state index contributed by atoms with van der Waals surface area (Å²) in [6.07, 6.45) is 3.93. The highest BCUT2D eigenvalue weighted by Gasteiger charge is 2.19. The second-order valence-electron chi connectivity index (χ2n) is 5.11. The fourth-order valence-corrected chi connectivity index (χ4v) is 3.16. The Balaban J connectivity index is 1.45. The van der Waals surface area contributed by atoms with Crippen LogP contribution in [0.5, 0.6) is 0 Å². The van der Waals surface area contributed by atoms with E-state index in [1.165, 1.54) is 11.3 Å². The summed E-state index contributed by atoms with van der Waals surface area (Å²) >= 11 is 1.38. The lowest BCUT2D eigenvalue weighted by Gasteiger charge is -2.14. The molecule has 7 heteroatoms. The maximum Gasteiger partial charge on any atom is 0.270 e. The van der Waals surface area contributed by atoms with Gasteiger partial charge in [0.15, 0.2) is 10.8 Å². The van der Waals surface area contributed by atoms with Crippen molar-refractivity contribution in [1.82, 2.24) is 15.2 Å². The van der Waals surface area contributed by atoms with Gasteiger partial charge in [-0.2, -0.15) is 0 Å². The van der Waals surface area contributed by atoms with Crippen molar-refractivity contribution in [2.75, 3.05) is 19.6 Å². The van der Waals surface area contributed by atoms with Crippen LogP contribution in [0.2, 0.25) is 0 Å². The molecule has 22 heavy (non-hydrogen) atoms. The largest absolute Gasteiger partial charge is 0.462 e. The Labute approximate surface area is 132 Å². The van der Waals surface area contributed by atoms with Crippen LogP contribution in [-0.2, 0) is 4.79 Å². The highest BCUT2D eigenvalue weighted by Crippen LogP contribution is 2.23. The fraction of sp³-hybridized carbons (Fsp3) is 0.400. The predicted molar refractivity (Wildman–Crippen MR) is 82.6 cm³/mol. The Kier molecular flexibility index (Phi) is 4.53. The Morgan fingerprint density at radius 1 is 1.50 bits per heavy atom. The Morgan fingerprint density at radius 2 is 2.41 bits per heavy atom. The van der Waals surface area contributed by atoms with E-state index in [1.807, 2.05) is 11.0 Å². The zero-order chi connectivity index (χ0) is 15.4. The predicted octanol–water partition coefficient (Wildman–Crippen LogP) is 2.15. The van der Waals surface area contributed by atoms with Gasteiger partial charge in [-0.3, -0.25) is 9.59 Å². The zero-order valence-electron chi connectivity index (χ0n) is 12.1. The molecule has 1 aliphatic heterocycles. The maximum absolute atomic E-state index is 12.0. The van der Waals surface area contributed by atoms with E-state index >= 15 is 0 Å². The van der Waals surface area contributed by atoms with Crippen molar-refractivity contribution in [1.29, 1.82) is 0 Å². The third kappa shape index (κ3) is 3.36. The van der Waals surface area contributed by atoms with Crippen LogP contribution in [-0.4, -0.2) is 41.3 Å².